The molecule has 1 amide bonds. The monoisotopic (exact) mass is 341 g/mol. The van der Waals surface area contributed by atoms with Gasteiger partial charge in [-0.05, 0) is 48.1 Å². The number of carbonyl (C=O) groups excluding carboxylic acids is 1. The molecule has 4 heteroatoms. The van der Waals surface area contributed by atoms with Gasteiger partial charge < -0.3 is 9.64 Å². The number of hydrogen-bond acceptors (Lipinski definition) is 2. The first-order valence-electron chi connectivity index (χ1n) is 8.38. The average molecular weight is 342 g/mol. The third kappa shape index (κ3) is 2.67. The molecular weight excluding hydrogens is 322 g/mol. The summed E-state index contributed by atoms with van der Waals surface area (Å²) in [4.78, 5) is 14.9. The van der Waals surface area contributed by atoms with Crippen LogP contribution in [0.5, 0.6) is 5.75 Å². The summed E-state index contributed by atoms with van der Waals surface area (Å²) in [5.41, 5.74) is 2.33. The Morgan fingerprint density at radius 1 is 1.17 bits per heavy atom. The molecule has 2 aromatic rings. The van der Waals surface area contributed by atoms with Crippen LogP contribution in [-0.2, 0) is 4.79 Å². The van der Waals surface area contributed by atoms with Crippen molar-refractivity contribution >= 4 is 17.5 Å². The minimum Gasteiger partial charge on any atom is -0.496 e. The van der Waals surface area contributed by atoms with E-state index in [9.17, 15) is 4.79 Å². The van der Waals surface area contributed by atoms with Crippen molar-refractivity contribution in [3.05, 3.63) is 64.7 Å². The van der Waals surface area contributed by atoms with Gasteiger partial charge in [0.1, 0.15) is 5.75 Å². The van der Waals surface area contributed by atoms with E-state index >= 15 is 0 Å². The van der Waals surface area contributed by atoms with Crippen molar-refractivity contribution in [2.75, 3.05) is 13.7 Å². The lowest BCUT2D eigenvalue weighted by Gasteiger charge is -2.41. The van der Waals surface area contributed by atoms with Crippen molar-refractivity contribution in [1.82, 2.24) is 4.90 Å². The molecule has 1 saturated heterocycles. The fraction of sp³-hybridized carbons (Fsp3) is 0.350. The smallest absolute Gasteiger partial charge is 0.226 e. The lowest BCUT2D eigenvalue weighted by Crippen LogP contribution is -2.46. The molecule has 2 aromatic carbocycles. The molecule has 1 heterocycles. The zero-order chi connectivity index (χ0) is 16.7. The lowest BCUT2D eigenvalue weighted by atomic mass is 9.93. The van der Waals surface area contributed by atoms with Gasteiger partial charge in [0.15, 0.2) is 0 Å². The van der Waals surface area contributed by atoms with Crippen LogP contribution in [0.3, 0.4) is 0 Å². The summed E-state index contributed by atoms with van der Waals surface area (Å²) in [6.07, 6.45) is 1.95. The Kier molecular flexibility index (Phi) is 3.97. The molecule has 3 nitrogen and oxygen atoms in total. The first-order valence-corrected chi connectivity index (χ1v) is 8.75. The predicted octanol–water partition coefficient (Wildman–Crippen LogP) is 4.43. The van der Waals surface area contributed by atoms with E-state index in [2.05, 4.69) is 6.07 Å². The number of methoxy groups -OCH3 is 1. The Hall–Kier alpha value is -2.00. The largest absolute Gasteiger partial charge is 0.496 e. The first-order chi connectivity index (χ1) is 11.7. The number of benzene rings is 2. The zero-order valence-corrected chi connectivity index (χ0v) is 14.4. The molecule has 4 rings (SSSR count). The normalized spacial score (nSPS) is 25.1. The van der Waals surface area contributed by atoms with Gasteiger partial charge in [-0.3, -0.25) is 4.79 Å². The van der Waals surface area contributed by atoms with E-state index in [0.717, 1.165) is 35.7 Å². The lowest BCUT2D eigenvalue weighted by molar-refractivity contribution is -0.140. The number of para-hydroxylation sites is 1. The second kappa shape index (κ2) is 6.14. The zero-order valence-electron chi connectivity index (χ0n) is 13.6. The van der Waals surface area contributed by atoms with Crippen molar-refractivity contribution < 1.29 is 9.53 Å². The van der Waals surface area contributed by atoms with Crippen LogP contribution >= 0.6 is 11.6 Å². The van der Waals surface area contributed by atoms with Crippen LogP contribution < -0.4 is 4.74 Å². The minimum atomic E-state index is 0.0939. The van der Waals surface area contributed by atoms with Crippen LogP contribution in [0.15, 0.2) is 48.5 Å². The molecule has 2 aliphatic rings. The molecule has 1 aliphatic heterocycles. The molecule has 0 radical (unpaired) electrons. The van der Waals surface area contributed by atoms with E-state index in [1.54, 1.807) is 7.11 Å². The number of nitrogens with zero attached hydrogens (tertiary/aromatic N) is 1. The van der Waals surface area contributed by atoms with Gasteiger partial charge in [0, 0.05) is 17.5 Å². The summed E-state index contributed by atoms with van der Waals surface area (Å²) >= 11 is 5.96. The maximum atomic E-state index is 12.9. The quantitative estimate of drug-likeness (QED) is 0.823. The second-order valence-electron chi connectivity index (χ2n) is 6.58. The summed E-state index contributed by atoms with van der Waals surface area (Å²) in [6.45, 7) is 0.848. The molecule has 0 spiro atoms. The summed E-state index contributed by atoms with van der Waals surface area (Å²) < 4.78 is 5.44. The highest BCUT2D eigenvalue weighted by Gasteiger charge is 2.49. The number of rotatable bonds is 4. The second-order valence-corrected chi connectivity index (χ2v) is 7.01. The Balaban J connectivity index is 1.46. The SMILES string of the molecule is COc1ccccc1[C@@H]1C[C@H]1C(=O)N1CC[C@@H]1c1ccc(Cl)cc1. The van der Waals surface area contributed by atoms with Gasteiger partial charge in [0.25, 0.3) is 0 Å². The molecule has 3 atom stereocenters. The molecule has 0 N–H and O–H groups in total. The van der Waals surface area contributed by atoms with Gasteiger partial charge in [0.05, 0.1) is 13.2 Å². The molecule has 1 saturated carbocycles. The molecule has 0 aromatic heterocycles. The Morgan fingerprint density at radius 2 is 1.92 bits per heavy atom. The fourth-order valence-electron chi connectivity index (χ4n) is 3.68. The molecule has 0 unspecified atom stereocenters. The van der Waals surface area contributed by atoms with Crippen molar-refractivity contribution in [2.24, 2.45) is 5.92 Å². The van der Waals surface area contributed by atoms with Crippen LogP contribution in [0.25, 0.3) is 0 Å². The highest BCUT2D eigenvalue weighted by molar-refractivity contribution is 6.30. The first kappa shape index (κ1) is 15.5. The number of hydrogen-bond donors (Lipinski definition) is 0. The van der Waals surface area contributed by atoms with E-state index in [1.165, 1.54) is 5.56 Å². The van der Waals surface area contributed by atoms with Gasteiger partial charge in [-0.15, -0.1) is 0 Å². The number of halogens is 1. The Morgan fingerprint density at radius 3 is 2.58 bits per heavy atom. The van der Waals surface area contributed by atoms with Crippen molar-refractivity contribution in [1.29, 1.82) is 0 Å². The van der Waals surface area contributed by atoms with E-state index < -0.39 is 0 Å². The fourth-order valence-corrected chi connectivity index (χ4v) is 3.81. The third-order valence-electron chi connectivity index (χ3n) is 5.20. The van der Waals surface area contributed by atoms with Crippen molar-refractivity contribution in [3.63, 3.8) is 0 Å². The number of ether oxygens (including phenoxy) is 1. The minimum absolute atomic E-state index is 0.0939. The van der Waals surface area contributed by atoms with Crippen LogP contribution in [0.4, 0.5) is 0 Å². The Bertz CT molecular complexity index is 758. The molecule has 0 bridgehead atoms. The van der Waals surface area contributed by atoms with Crippen LogP contribution in [0.1, 0.15) is 35.9 Å². The maximum Gasteiger partial charge on any atom is 0.226 e. The maximum absolute atomic E-state index is 12.9. The number of likely N-dealkylation sites (tertiary alicyclic amines) is 1. The van der Waals surface area contributed by atoms with E-state index in [-0.39, 0.29) is 17.9 Å². The van der Waals surface area contributed by atoms with Crippen molar-refractivity contribution in [3.8, 4) is 5.75 Å². The number of carbonyl (C=O) groups is 1. The summed E-state index contributed by atoms with van der Waals surface area (Å²) in [6, 6.07) is 16.1. The average Bonchev–Trinajstić information content (AvgIpc) is 3.36. The molecule has 1 aliphatic carbocycles. The third-order valence-corrected chi connectivity index (χ3v) is 5.46. The van der Waals surface area contributed by atoms with Crippen molar-refractivity contribution in [2.45, 2.75) is 24.8 Å². The van der Waals surface area contributed by atoms with Crippen LogP contribution in [0, 0.1) is 5.92 Å². The van der Waals surface area contributed by atoms with Crippen LogP contribution in [0.2, 0.25) is 5.02 Å². The standard InChI is InChI=1S/C20H20ClNO2/c1-24-19-5-3-2-4-15(19)16-12-17(16)20(23)22-11-10-18(22)13-6-8-14(21)9-7-13/h2-9,16-18H,10-12H2,1H3/t16-,17+,18+/m0/s1. The highest BCUT2D eigenvalue weighted by atomic mass is 35.5. The van der Waals surface area contributed by atoms with E-state index in [4.69, 9.17) is 16.3 Å². The van der Waals surface area contributed by atoms with Gasteiger partial charge in [0.2, 0.25) is 5.91 Å². The molecular formula is C20H20ClNO2. The van der Waals surface area contributed by atoms with E-state index in [1.807, 2.05) is 47.4 Å². The molecule has 2 fully saturated rings. The van der Waals surface area contributed by atoms with Gasteiger partial charge >= 0.3 is 0 Å². The number of amides is 1. The topological polar surface area (TPSA) is 29.5 Å². The Labute approximate surface area is 147 Å². The summed E-state index contributed by atoms with van der Waals surface area (Å²) in [7, 11) is 1.68. The van der Waals surface area contributed by atoms with E-state index in [0.29, 0.717) is 5.92 Å². The predicted molar refractivity (Wildman–Crippen MR) is 94.4 cm³/mol. The van der Waals surface area contributed by atoms with Gasteiger partial charge in [-0.1, -0.05) is 41.9 Å². The van der Waals surface area contributed by atoms with Crippen LogP contribution in [-0.4, -0.2) is 24.5 Å². The van der Waals surface area contributed by atoms with Gasteiger partial charge in [-0.25, -0.2) is 0 Å². The summed E-state index contributed by atoms with van der Waals surface area (Å²) in [5.74, 6) is 1.55. The van der Waals surface area contributed by atoms with Gasteiger partial charge in [-0.2, -0.15) is 0 Å². The highest BCUT2D eigenvalue weighted by Crippen LogP contribution is 2.52. The molecule has 124 valence electrons. The summed E-state index contributed by atoms with van der Waals surface area (Å²) in [5, 5.41) is 0.731. The molecule has 24 heavy (non-hydrogen) atoms.